The van der Waals surface area contributed by atoms with Crippen molar-refractivity contribution in [1.82, 2.24) is 4.98 Å². The fourth-order valence-corrected chi connectivity index (χ4v) is 2.79. The molecule has 3 heteroatoms. The first kappa shape index (κ1) is 14.9. The van der Waals surface area contributed by atoms with Crippen LogP contribution in [0.3, 0.4) is 0 Å². The zero-order valence-corrected chi connectivity index (χ0v) is 13.6. The van der Waals surface area contributed by atoms with E-state index < -0.39 is 5.60 Å². The SMILES string of the molecule is CCc1ccc(C2CC2)nc1C(C)(C)Oc1ccc(N)cc1. The van der Waals surface area contributed by atoms with Crippen molar-refractivity contribution in [2.45, 2.75) is 51.6 Å². The molecule has 1 aliphatic rings. The lowest BCUT2D eigenvalue weighted by molar-refractivity contribution is 0.102. The molecule has 0 spiro atoms. The summed E-state index contributed by atoms with van der Waals surface area (Å²) >= 11 is 0. The van der Waals surface area contributed by atoms with Crippen molar-refractivity contribution < 1.29 is 4.74 Å². The van der Waals surface area contributed by atoms with Crippen molar-refractivity contribution >= 4 is 5.69 Å². The minimum absolute atomic E-state index is 0.466. The average molecular weight is 296 g/mol. The van der Waals surface area contributed by atoms with Crippen molar-refractivity contribution in [3.63, 3.8) is 0 Å². The smallest absolute Gasteiger partial charge is 0.145 e. The maximum Gasteiger partial charge on any atom is 0.145 e. The normalized spacial score (nSPS) is 14.9. The number of nitrogen functional groups attached to an aromatic ring is 1. The Bertz CT molecular complexity index is 658. The molecule has 0 radical (unpaired) electrons. The molecular formula is C19H24N2O. The summed E-state index contributed by atoms with van der Waals surface area (Å²) < 4.78 is 6.22. The summed E-state index contributed by atoms with van der Waals surface area (Å²) in [6.45, 7) is 6.33. The third-order valence-corrected chi connectivity index (χ3v) is 4.20. The number of rotatable bonds is 5. The van der Waals surface area contributed by atoms with Gasteiger partial charge >= 0.3 is 0 Å². The Morgan fingerprint density at radius 2 is 1.82 bits per heavy atom. The van der Waals surface area contributed by atoms with E-state index >= 15 is 0 Å². The van der Waals surface area contributed by atoms with E-state index in [9.17, 15) is 0 Å². The van der Waals surface area contributed by atoms with Crippen LogP contribution in [-0.2, 0) is 12.0 Å². The van der Waals surface area contributed by atoms with Crippen molar-refractivity contribution in [3.8, 4) is 5.75 Å². The monoisotopic (exact) mass is 296 g/mol. The molecule has 1 fully saturated rings. The Hall–Kier alpha value is -2.03. The van der Waals surface area contributed by atoms with Crippen LogP contribution in [0.25, 0.3) is 0 Å². The number of nitrogens with zero attached hydrogens (tertiary/aromatic N) is 1. The van der Waals surface area contributed by atoms with Crippen LogP contribution in [-0.4, -0.2) is 4.98 Å². The third kappa shape index (κ3) is 3.08. The van der Waals surface area contributed by atoms with Crippen LogP contribution in [0.2, 0.25) is 0 Å². The van der Waals surface area contributed by atoms with Gasteiger partial charge in [0, 0.05) is 17.3 Å². The minimum atomic E-state index is -0.466. The van der Waals surface area contributed by atoms with Gasteiger partial charge < -0.3 is 10.5 Å². The van der Waals surface area contributed by atoms with Crippen LogP contribution in [0.15, 0.2) is 36.4 Å². The van der Waals surface area contributed by atoms with Gasteiger partial charge in [-0.15, -0.1) is 0 Å². The van der Waals surface area contributed by atoms with Gasteiger partial charge in [-0.05, 0) is 69.0 Å². The van der Waals surface area contributed by atoms with Gasteiger partial charge in [-0.3, -0.25) is 4.98 Å². The summed E-state index contributed by atoms with van der Waals surface area (Å²) in [7, 11) is 0. The predicted octanol–water partition coefficient (Wildman–Crippen LogP) is 4.42. The van der Waals surface area contributed by atoms with Gasteiger partial charge in [-0.1, -0.05) is 13.0 Å². The highest BCUT2D eigenvalue weighted by Gasteiger charge is 2.31. The van der Waals surface area contributed by atoms with Crippen molar-refractivity contribution in [2.24, 2.45) is 0 Å². The Morgan fingerprint density at radius 3 is 2.41 bits per heavy atom. The molecule has 22 heavy (non-hydrogen) atoms. The number of hydrogen-bond donors (Lipinski definition) is 1. The number of benzene rings is 1. The van der Waals surface area contributed by atoms with Crippen molar-refractivity contribution in [2.75, 3.05) is 5.73 Å². The van der Waals surface area contributed by atoms with Gasteiger partial charge in [0.25, 0.3) is 0 Å². The van der Waals surface area contributed by atoms with Gasteiger partial charge in [0.05, 0.1) is 5.69 Å². The van der Waals surface area contributed by atoms with Gasteiger partial charge in [-0.2, -0.15) is 0 Å². The van der Waals surface area contributed by atoms with Crippen LogP contribution in [0.1, 0.15) is 56.5 Å². The third-order valence-electron chi connectivity index (χ3n) is 4.20. The van der Waals surface area contributed by atoms with Crippen LogP contribution in [0, 0.1) is 0 Å². The largest absolute Gasteiger partial charge is 0.482 e. The van der Waals surface area contributed by atoms with E-state index in [1.165, 1.54) is 24.1 Å². The zero-order chi connectivity index (χ0) is 15.7. The molecule has 2 N–H and O–H groups in total. The van der Waals surface area contributed by atoms with Gasteiger partial charge in [0.1, 0.15) is 11.4 Å². The molecule has 0 atom stereocenters. The second kappa shape index (κ2) is 5.64. The molecule has 0 bridgehead atoms. The Kier molecular flexibility index (Phi) is 3.81. The lowest BCUT2D eigenvalue weighted by Crippen LogP contribution is -2.28. The first-order valence-corrected chi connectivity index (χ1v) is 8.04. The molecule has 3 nitrogen and oxygen atoms in total. The summed E-state index contributed by atoms with van der Waals surface area (Å²) in [5, 5.41) is 0. The maximum absolute atomic E-state index is 6.22. The number of hydrogen-bond acceptors (Lipinski definition) is 3. The fourth-order valence-electron chi connectivity index (χ4n) is 2.79. The zero-order valence-electron chi connectivity index (χ0n) is 13.6. The van der Waals surface area contributed by atoms with Crippen molar-refractivity contribution in [3.05, 3.63) is 53.3 Å². The molecule has 1 aromatic heterocycles. The predicted molar refractivity (Wildman–Crippen MR) is 90.1 cm³/mol. The molecule has 2 aromatic rings. The average Bonchev–Trinajstić information content (AvgIpc) is 3.33. The number of anilines is 1. The molecule has 116 valence electrons. The second-order valence-corrected chi connectivity index (χ2v) is 6.55. The molecule has 1 heterocycles. The van der Waals surface area contributed by atoms with Crippen LogP contribution >= 0.6 is 0 Å². The molecule has 1 aromatic carbocycles. The first-order chi connectivity index (χ1) is 10.5. The highest BCUT2D eigenvalue weighted by molar-refractivity contribution is 5.42. The van der Waals surface area contributed by atoms with E-state index in [-0.39, 0.29) is 0 Å². The lowest BCUT2D eigenvalue weighted by Gasteiger charge is -2.28. The van der Waals surface area contributed by atoms with Crippen LogP contribution < -0.4 is 10.5 Å². The quantitative estimate of drug-likeness (QED) is 0.831. The van der Waals surface area contributed by atoms with Crippen LogP contribution in [0.5, 0.6) is 5.75 Å². The van der Waals surface area contributed by atoms with E-state index in [0.717, 1.165) is 23.6 Å². The van der Waals surface area contributed by atoms with E-state index in [0.29, 0.717) is 5.92 Å². The summed E-state index contributed by atoms with van der Waals surface area (Å²) in [6.07, 6.45) is 3.48. The highest BCUT2D eigenvalue weighted by Crippen LogP contribution is 2.40. The molecule has 0 saturated heterocycles. The van der Waals surface area contributed by atoms with E-state index in [4.69, 9.17) is 15.5 Å². The summed E-state index contributed by atoms with van der Waals surface area (Å²) in [4.78, 5) is 4.94. The molecular weight excluding hydrogens is 272 g/mol. The Labute approximate surface area is 132 Å². The molecule has 1 saturated carbocycles. The highest BCUT2D eigenvalue weighted by atomic mass is 16.5. The molecule has 3 rings (SSSR count). The number of aryl methyl sites for hydroxylation is 1. The van der Waals surface area contributed by atoms with Gasteiger partial charge in [0.15, 0.2) is 0 Å². The number of ether oxygens (including phenoxy) is 1. The Morgan fingerprint density at radius 1 is 1.14 bits per heavy atom. The fraction of sp³-hybridized carbons (Fsp3) is 0.421. The number of pyridine rings is 1. The van der Waals surface area contributed by atoms with E-state index in [1.807, 2.05) is 24.3 Å². The lowest BCUT2D eigenvalue weighted by atomic mass is 9.96. The first-order valence-electron chi connectivity index (χ1n) is 8.04. The summed E-state index contributed by atoms with van der Waals surface area (Å²) in [5.41, 5.74) is 9.53. The van der Waals surface area contributed by atoms with E-state index in [1.54, 1.807) is 0 Å². The molecule has 0 aliphatic heterocycles. The molecule has 1 aliphatic carbocycles. The summed E-state index contributed by atoms with van der Waals surface area (Å²) in [6, 6.07) is 11.9. The topological polar surface area (TPSA) is 48.1 Å². The molecule has 0 amide bonds. The van der Waals surface area contributed by atoms with Crippen molar-refractivity contribution in [1.29, 1.82) is 0 Å². The second-order valence-electron chi connectivity index (χ2n) is 6.55. The summed E-state index contributed by atoms with van der Waals surface area (Å²) in [5.74, 6) is 1.47. The maximum atomic E-state index is 6.22. The van der Waals surface area contributed by atoms with E-state index in [2.05, 4.69) is 32.9 Å². The number of nitrogens with two attached hydrogens (primary N) is 1. The Balaban J connectivity index is 1.92. The van der Waals surface area contributed by atoms with Gasteiger partial charge in [0.2, 0.25) is 0 Å². The standard InChI is InChI=1S/C19H24N2O/c1-4-13-7-12-17(14-5-6-14)21-18(13)19(2,3)22-16-10-8-15(20)9-11-16/h7-12,14H,4-6,20H2,1-3H3. The number of aromatic nitrogens is 1. The van der Waals surface area contributed by atoms with Crippen LogP contribution in [0.4, 0.5) is 5.69 Å². The van der Waals surface area contributed by atoms with Gasteiger partial charge in [-0.25, -0.2) is 0 Å². The minimum Gasteiger partial charge on any atom is -0.482 e. The molecule has 0 unspecified atom stereocenters.